The smallest absolute Gasteiger partial charge is 0.303 e. The molecule has 0 radical (unpaired) electrons. The van der Waals surface area contributed by atoms with E-state index < -0.39 is 41.5 Å². The number of carbonyl (C=O) groups excluding carboxylic acids is 3. The molecule has 20 heavy (non-hydrogen) atoms. The van der Waals surface area contributed by atoms with Gasteiger partial charge in [0.15, 0.2) is 12.2 Å². The Kier molecular flexibility index (Phi) is 5.82. The quantitative estimate of drug-likeness (QED) is 0.673. The van der Waals surface area contributed by atoms with E-state index in [-0.39, 0.29) is 5.91 Å². The van der Waals surface area contributed by atoms with Crippen molar-refractivity contribution in [1.29, 1.82) is 0 Å². The molecule has 0 aromatic carbocycles. The van der Waals surface area contributed by atoms with Crippen LogP contribution >= 0.6 is 11.8 Å². The van der Waals surface area contributed by atoms with Crippen LogP contribution in [-0.2, 0) is 23.9 Å². The van der Waals surface area contributed by atoms with Crippen molar-refractivity contribution in [3.05, 3.63) is 0 Å². The monoisotopic (exact) mass is 305 g/mol. The van der Waals surface area contributed by atoms with E-state index in [0.29, 0.717) is 0 Å². The van der Waals surface area contributed by atoms with Crippen LogP contribution in [-0.4, -0.2) is 58.8 Å². The molecule has 1 fully saturated rings. The maximum absolute atomic E-state index is 11.2. The van der Waals surface area contributed by atoms with Crippen LogP contribution < -0.4 is 5.32 Å². The van der Waals surface area contributed by atoms with Crippen molar-refractivity contribution < 1.29 is 29.0 Å². The average Bonchev–Trinajstić information content (AvgIpc) is 2.52. The summed E-state index contributed by atoms with van der Waals surface area (Å²) in [4.78, 5) is 33.5. The lowest BCUT2D eigenvalue weighted by molar-refractivity contribution is -0.167. The first-order valence-electron chi connectivity index (χ1n) is 6.10. The van der Waals surface area contributed by atoms with Gasteiger partial charge in [-0.25, -0.2) is 0 Å². The second-order valence-corrected chi connectivity index (χ2v) is 5.58. The molecule has 2 N–H and O–H groups in total. The van der Waals surface area contributed by atoms with E-state index in [2.05, 4.69) is 5.32 Å². The second kappa shape index (κ2) is 6.94. The summed E-state index contributed by atoms with van der Waals surface area (Å²) in [5.41, 5.74) is 0. The standard InChI is InChI=1S/C12H19NO6S/c1-5(14)13-8-9(17)10(18-6(2)15)11(12(8)20-4)19-7(3)16/h8-12,17H,1-4H3,(H,13,14)/t8-,9-,10+,11+,12+/m0/s1. The van der Waals surface area contributed by atoms with E-state index in [1.54, 1.807) is 6.26 Å². The lowest BCUT2D eigenvalue weighted by Crippen LogP contribution is -2.46. The lowest BCUT2D eigenvalue weighted by Gasteiger charge is -2.23. The fourth-order valence-electron chi connectivity index (χ4n) is 2.32. The van der Waals surface area contributed by atoms with Gasteiger partial charge in [0.05, 0.1) is 11.3 Å². The average molecular weight is 305 g/mol. The Hall–Kier alpha value is -1.28. The zero-order valence-electron chi connectivity index (χ0n) is 11.8. The molecule has 0 aromatic rings. The molecular formula is C12H19NO6S. The number of carbonyl (C=O) groups is 3. The SMILES string of the molecule is CS[C@@H]1[C@@H](NC(C)=O)[C@H](O)[C@@H](OC(C)=O)[C@H]1OC(C)=O. The molecule has 0 saturated heterocycles. The molecule has 0 bridgehead atoms. The number of hydrogen-bond acceptors (Lipinski definition) is 7. The highest BCUT2D eigenvalue weighted by Crippen LogP contribution is 2.34. The largest absolute Gasteiger partial charge is 0.457 e. The Labute approximate surface area is 121 Å². The summed E-state index contributed by atoms with van der Waals surface area (Å²) in [6, 6.07) is -0.656. The number of esters is 2. The van der Waals surface area contributed by atoms with Gasteiger partial charge in [-0.3, -0.25) is 14.4 Å². The number of ether oxygens (including phenoxy) is 2. The first kappa shape index (κ1) is 16.8. The van der Waals surface area contributed by atoms with Gasteiger partial charge < -0.3 is 19.9 Å². The predicted molar refractivity (Wildman–Crippen MR) is 72.0 cm³/mol. The molecule has 0 unspecified atom stereocenters. The first-order valence-corrected chi connectivity index (χ1v) is 7.39. The fourth-order valence-corrected chi connectivity index (χ4v) is 3.32. The summed E-state index contributed by atoms with van der Waals surface area (Å²) in [6.07, 6.45) is -1.17. The van der Waals surface area contributed by atoms with Gasteiger partial charge in [0.2, 0.25) is 5.91 Å². The summed E-state index contributed by atoms with van der Waals surface area (Å²) < 4.78 is 10.2. The number of rotatable bonds is 4. The highest BCUT2D eigenvalue weighted by molar-refractivity contribution is 7.99. The molecule has 1 aliphatic rings. The van der Waals surface area contributed by atoms with Gasteiger partial charge in [-0.15, -0.1) is 0 Å². The molecular weight excluding hydrogens is 286 g/mol. The molecule has 8 heteroatoms. The minimum absolute atomic E-state index is 0.321. The number of thioether (sulfide) groups is 1. The van der Waals surface area contributed by atoms with E-state index in [0.717, 1.165) is 0 Å². The third kappa shape index (κ3) is 3.86. The van der Waals surface area contributed by atoms with E-state index in [9.17, 15) is 19.5 Å². The lowest BCUT2D eigenvalue weighted by atomic mass is 10.2. The normalized spacial score (nSPS) is 32.5. The van der Waals surface area contributed by atoms with Crippen LogP contribution in [0.4, 0.5) is 0 Å². The van der Waals surface area contributed by atoms with Crippen molar-refractivity contribution in [2.24, 2.45) is 0 Å². The minimum Gasteiger partial charge on any atom is -0.457 e. The number of nitrogens with one attached hydrogen (secondary N) is 1. The van der Waals surface area contributed by atoms with Crippen LogP contribution in [0.15, 0.2) is 0 Å². The first-order chi connectivity index (χ1) is 9.27. The third-order valence-electron chi connectivity index (χ3n) is 2.95. The van der Waals surface area contributed by atoms with Gasteiger partial charge in [-0.2, -0.15) is 11.8 Å². The van der Waals surface area contributed by atoms with Crippen LogP contribution in [0.5, 0.6) is 0 Å². The van der Waals surface area contributed by atoms with Crippen molar-refractivity contribution in [2.75, 3.05) is 6.26 Å². The van der Waals surface area contributed by atoms with Crippen LogP contribution in [0.2, 0.25) is 0 Å². The van der Waals surface area contributed by atoms with Crippen LogP contribution in [0.1, 0.15) is 20.8 Å². The molecule has 1 rings (SSSR count). The predicted octanol–water partition coefficient (Wildman–Crippen LogP) is -0.539. The van der Waals surface area contributed by atoms with Crippen molar-refractivity contribution in [2.45, 2.75) is 50.4 Å². The third-order valence-corrected chi connectivity index (χ3v) is 4.06. The number of aliphatic hydroxyl groups is 1. The van der Waals surface area contributed by atoms with Crippen molar-refractivity contribution in [3.8, 4) is 0 Å². The van der Waals surface area contributed by atoms with Gasteiger partial charge in [0, 0.05) is 20.8 Å². The second-order valence-electron chi connectivity index (χ2n) is 4.57. The Morgan fingerprint density at radius 2 is 1.55 bits per heavy atom. The molecule has 1 amide bonds. The summed E-state index contributed by atoms with van der Waals surface area (Å²) in [7, 11) is 0. The van der Waals surface area contributed by atoms with Crippen LogP contribution in [0.25, 0.3) is 0 Å². The van der Waals surface area contributed by atoms with E-state index in [1.165, 1.54) is 32.5 Å². The molecule has 0 spiro atoms. The van der Waals surface area contributed by atoms with Gasteiger partial charge in [0.25, 0.3) is 0 Å². The number of hydrogen-bond donors (Lipinski definition) is 2. The molecule has 5 atom stereocenters. The molecule has 0 aliphatic heterocycles. The van der Waals surface area contributed by atoms with Crippen molar-refractivity contribution in [1.82, 2.24) is 5.32 Å². The maximum Gasteiger partial charge on any atom is 0.303 e. The minimum atomic E-state index is -1.13. The van der Waals surface area contributed by atoms with Crippen molar-refractivity contribution >= 4 is 29.6 Å². The van der Waals surface area contributed by atoms with Gasteiger partial charge in [-0.1, -0.05) is 0 Å². The highest BCUT2D eigenvalue weighted by Gasteiger charge is 2.54. The summed E-state index contributed by atoms with van der Waals surface area (Å²) >= 11 is 1.32. The Bertz CT molecular complexity index is 401. The zero-order chi connectivity index (χ0) is 15.4. The topological polar surface area (TPSA) is 102 Å². The van der Waals surface area contributed by atoms with E-state index in [4.69, 9.17) is 9.47 Å². The Morgan fingerprint density at radius 3 is 1.95 bits per heavy atom. The molecule has 114 valence electrons. The molecule has 0 aromatic heterocycles. The number of amides is 1. The van der Waals surface area contributed by atoms with E-state index in [1.807, 2.05) is 0 Å². The summed E-state index contributed by atoms with van der Waals surface area (Å²) in [5, 5.41) is 12.4. The molecule has 0 heterocycles. The summed E-state index contributed by atoms with van der Waals surface area (Å²) in [5.74, 6) is -1.45. The fraction of sp³-hybridized carbons (Fsp3) is 0.750. The van der Waals surface area contributed by atoms with Gasteiger partial charge in [-0.05, 0) is 6.26 Å². The number of aliphatic hydroxyl groups excluding tert-OH is 1. The molecule has 1 aliphatic carbocycles. The van der Waals surface area contributed by atoms with Gasteiger partial charge >= 0.3 is 11.9 Å². The van der Waals surface area contributed by atoms with Gasteiger partial charge in [0.1, 0.15) is 6.10 Å². The van der Waals surface area contributed by atoms with Crippen molar-refractivity contribution in [3.63, 3.8) is 0 Å². The van der Waals surface area contributed by atoms with E-state index >= 15 is 0 Å². The van der Waals surface area contributed by atoms with Crippen LogP contribution in [0.3, 0.4) is 0 Å². The molecule has 7 nitrogen and oxygen atoms in total. The zero-order valence-corrected chi connectivity index (χ0v) is 12.6. The molecule has 1 saturated carbocycles. The highest BCUT2D eigenvalue weighted by atomic mass is 32.2. The Balaban J connectivity index is 3.02. The summed E-state index contributed by atoms with van der Waals surface area (Å²) in [6.45, 7) is 3.77. The maximum atomic E-state index is 11.2. The Morgan fingerprint density at radius 1 is 1.05 bits per heavy atom. The van der Waals surface area contributed by atoms with Crippen LogP contribution in [0, 0.1) is 0 Å².